The molecule has 0 spiro atoms. The van der Waals surface area contributed by atoms with Crippen LogP contribution in [0.2, 0.25) is 0 Å². The van der Waals surface area contributed by atoms with Crippen molar-refractivity contribution in [1.29, 1.82) is 0 Å². The summed E-state index contributed by atoms with van der Waals surface area (Å²) in [6.45, 7) is 2.66. The first kappa shape index (κ1) is 17.1. The van der Waals surface area contributed by atoms with Crippen molar-refractivity contribution in [2.75, 3.05) is 45.3 Å². The van der Waals surface area contributed by atoms with Gasteiger partial charge in [-0.15, -0.1) is 0 Å². The van der Waals surface area contributed by atoms with Gasteiger partial charge in [-0.25, -0.2) is 4.39 Å². The van der Waals surface area contributed by atoms with E-state index in [1.165, 1.54) is 12.1 Å². The van der Waals surface area contributed by atoms with Crippen molar-refractivity contribution < 1.29 is 18.7 Å². The summed E-state index contributed by atoms with van der Waals surface area (Å²) in [7, 11) is 3.11. The molecule has 0 saturated carbocycles. The second-order valence-corrected chi connectivity index (χ2v) is 5.83. The van der Waals surface area contributed by atoms with Gasteiger partial charge in [0.1, 0.15) is 5.82 Å². The molecule has 0 unspecified atom stereocenters. The number of carbonyl (C=O) groups excluding carboxylic acids is 1. The second kappa shape index (κ2) is 7.42. The Morgan fingerprint density at radius 1 is 0.920 bits per heavy atom. The van der Waals surface area contributed by atoms with Crippen LogP contribution in [0.5, 0.6) is 11.5 Å². The van der Waals surface area contributed by atoms with E-state index in [0.29, 0.717) is 43.2 Å². The number of ether oxygens (including phenoxy) is 2. The minimum atomic E-state index is -0.244. The van der Waals surface area contributed by atoms with Crippen LogP contribution in [0.3, 0.4) is 0 Å². The highest BCUT2D eigenvalue weighted by Gasteiger charge is 2.23. The van der Waals surface area contributed by atoms with E-state index in [1.54, 1.807) is 44.6 Å². The molecule has 1 aliphatic rings. The number of halogens is 1. The van der Waals surface area contributed by atoms with Gasteiger partial charge in [-0.05, 0) is 42.5 Å². The molecule has 1 fully saturated rings. The predicted octanol–water partition coefficient (Wildman–Crippen LogP) is 2.81. The van der Waals surface area contributed by atoms with E-state index in [9.17, 15) is 9.18 Å². The van der Waals surface area contributed by atoms with Crippen molar-refractivity contribution in [3.8, 4) is 11.5 Å². The molecule has 1 amide bonds. The van der Waals surface area contributed by atoms with Gasteiger partial charge in [0.05, 0.1) is 14.2 Å². The van der Waals surface area contributed by atoms with Gasteiger partial charge in [-0.2, -0.15) is 0 Å². The Kier molecular flexibility index (Phi) is 5.07. The highest BCUT2D eigenvalue weighted by molar-refractivity contribution is 5.95. The maximum absolute atomic E-state index is 13.0. The molecule has 3 rings (SSSR count). The third-order valence-corrected chi connectivity index (χ3v) is 4.39. The Hall–Kier alpha value is -2.76. The molecule has 132 valence electrons. The van der Waals surface area contributed by atoms with Crippen molar-refractivity contribution in [1.82, 2.24) is 4.90 Å². The lowest BCUT2D eigenvalue weighted by Gasteiger charge is -2.36. The number of methoxy groups -OCH3 is 2. The van der Waals surface area contributed by atoms with Crippen LogP contribution in [-0.4, -0.2) is 51.2 Å². The first-order chi connectivity index (χ1) is 12.1. The SMILES string of the molecule is COc1ccc(C(=O)N2CCN(c3ccc(F)cc3)CC2)cc1OC. The molecule has 0 N–H and O–H groups in total. The van der Waals surface area contributed by atoms with Gasteiger partial charge in [0.15, 0.2) is 11.5 Å². The summed E-state index contributed by atoms with van der Waals surface area (Å²) in [5.74, 6) is 0.865. The Morgan fingerprint density at radius 2 is 1.56 bits per heavy atom. The molecule has 2 aromatic rings. The van der Waals surface area contributed by atoms with Crippen molar-refractivity contribution in [3.05, 3.63) is 53.8 Å². The average Bonchev–Trinajstić information content (AvgIpc) is 2.67. The summed E-state index contributed by atoms with van der Waals surface area (Å²) >= 11 is 0. The zero-order valence-corrected chi connectivity index (χ0v) is 14.4. The monoisotopic (exact) mass is 344 g/mol. The van der Waals surface area contributed by atoms with Crippen LogP contribution < -0.4 is 14.4 Å². The fourth-order valence-electron chi connectivity index (χ4n) is 2.97. The number of amides is 1. The first-order valence-electron chi connectivity index (χ1n) is 8.14. The van der Waals surface area contributed by atoms with E-state index in [1.807, 2.05) is 4.90 Å². The summed E-state index contributed by atoms with van der Waals surface area (Å²) in [4.78, 5) is 16.7. The van der Waals surface area contributed by atoms with Crippen molar-refractivity contribution in [2.24, 2.45) is 0 Å². The van der Waals surface area contributed by atoms with Crippen LogP contribution >= 0.6 is 0 Å². The molecular weight excluding hydrogens is 323 g/mol. The molecule has 25 heavy (non-hydrogen) atoms. The van der Waals surface area contributed by atoms with Gasteiger partial charge in [0, 0.05) is 37.4 Å². The summed E-state index contributed by atoms with van der Waals surface area (Å²) in [6, 6.07) is 11.6. The maximum Gasteiger partial charge on any atom is 0.254 e. The summed E-state index contributed by atoms with van der Waals surface area (Å²) < 4.78 is 23.5. The lowest BCUT2D eigenvalue weighted by molar-refractivity contribution is 0.0746. The summed E-state index contributed by atoms with van der Waals surface area (Å²) in [5, 5.41) is 0. The average molecular weight is 344 g/mol. The van der Waals surface area contributed by atoms with Crippen LogP contribution in [0, 0.1) is 5.82 Å². The molecule has 5 nitrogen and oxygen atoms in total. The Bertz CT molecular complexity index is 741. The third-order valence-electron chi connectivity index (χ3n) is 4.39. The van der Waals surface area contributed by atoms with Crippen LogP contribution in [0.1, 0.15) is 10.4 Å². The third kappa shape index (κ3) is 3.68. The normalized spacial score (nSPS) is 14.4. The topological polar surface area (TPSA) is 42.0 Å². The number of piperazine rings is 1. The minimum Gasteiger partial charge on any atom is -0.493 e. The van der Waals surface area contributed by atoms with E-state index >= 15 is 0 Å². The number of carbonyl (C=O) groups is 1. The highest BCUT2D eigenvalue weighted by atomic mass is 19.1. The lowest BCUT2D eigenvalue weighted by Crippen LogP contribution is -2.48. The van der Waals surface area contributed by atoms with E-state index in [-0.39, 0.29) is 11.7 Å². The van der Waals surface area contributed by atoms with E-state index < -0.39 is 0 Å². The van der Waals surface area contributed by atoms with Gasteiger partial charge in [0.2, 0.25) is 0 Å². The molecule has 0 atom stereocenters. The summed E-state index contributed by atoms with van der Waals surface area (Å²) in [6.07, 6.45) is 0. The fraction of sp³-hybridized carbons (Fsp3) is 0.316. The van der Waals surface area contributed by atoms with E-state index in [4.69, 9.17) is 9.47 Å². The van der Waals surface area contributed by atoms with Gasteiger partial charge in [-0.1, -0.05) is 0 Å². The smallest absolute Gasteiger partial charge is 0.254 e. The van der Waals surface area contributed by atoms with E-state index in [2.05, 4.69) is 4.90 Å². The molecule has 0 aliphatic carbocycles. The van der Waals surface area contributed by atoms with Crippen molar-refractivity contribution in [2.45, 2.75) is 0 Å². The van der Waals surface area contributed by atoms with Crippen LogP contribution in [-0.2, 0) is 0 Å². The summed E-state index contributed by atoms with van der Waals surface area (Å²) in [5.41, 5.74) is 1.55. The van der Waals surface area contributed by atoms with Gasteiger partial charge in [0.25, 0.3) is 5.91 Å². The largest absolute Gasteiger partial charge is 0.493 e. The van der Waals surface area contributed by atoms with Gasteiger partial charge < -0.3 is 19.3 Å². The molecule has 6 heteroatoms. The number of hydrogen-bond donors (Lipinski definition) is 0. The number of benzene rings is 2. The Balaban J connectivity index is 1.66. The fourth-order valence-corrected chi connectivity index (χ4v) is 2.97. The van der Waals surface area contributed by atoms with Crippen molar-refractivity contribution >= 4 is 11.6 Å². The predicted molar refractivity (Wildman–Crippen MR) is 94.1 cm³/mol. The Morgan fingerprint density at radius 3 is 2.16 bits per heavy atom. The van der Waals surface area contributed by atoms with Crippen LogP contribution in [0.4, 0.5) is 10.1 Å². The zero-order valence-electron chi connectivity index (χ0n) is 14.4. The number of anilines is 1. The van der Waals surface area contributed by atoms with Gasteiger partial charge >= 0.3 is 0 Å². The van der Waals surface area contributed by atoms with Crippen LogP contribution in [0.15, 0.2) is 42.5 Å². The number of nitrogens with zero attached hydrogens (tertiary/aromatic N) is 2. The molecule has 1 heterocycles. The molecule has 0 aromatic heterocycles. The quantitative estimate of drug-likeness (QED) is 0.855. The second-order valence-electron chi connectivity index (χ2n) is 5.83. The van der Waals surface area contributed by atoms with Crippen molar-refractivity contribution in [3.63, 3.8) is 0 Å². The Labute approximate surface area is 146 Å². The maximum atomic E-state index is 13.0. The first-order valence-corrected chi connectivity index (χ1v) is 8.14. The molecule has 1 saturated heterocycles. The number of hydrogen-bond acceptors (Lipinski definition) is 4. The minimum absolute atomic E-state index is 0.0280. The van der Waals surface area contributed by atoms with E-state index in [0.717, 1.165) is 5.69 Å². The molecular formula is C19H21FN2O3. The molecule has 0 bridgehead atoms. The standard InChI is InChI=1S/C19H21FN2O3/c1-24-17-8-3-14(13-18(17)25-2)19(23)22-11-9-21(10-12-22)16-6-4-15(20)5-7-16/h3-8,13H,9-12H2,1-2H3. The zero-order chi connectivity index (χ0) is 17.8. The number of rotatable bonds is 4. The molecule has 2 aromatic carbocycles. The lowest BCUT2D eigenvalue weighted by atomic mass is 10.1. The van der Waals surface area contributed by atoms with Crippen LogP contribution in [0.25, 0.3) is 0 Å². The van der Waals surface area contributed by atoms with Gasteiger partial charge in [-0.3, -0.25) is 4.79 Å². The molecule has 1 aliphatic heterocycles. The highest BCUT2D eigenvalue weighted by Crippen LogP contribution is 2.28. The molecule has 0 radical (unpaired) electrons.